The molecule has 2 aromatic carbocycles. The van der Waals surface area contributed by atoms with Crippen LogP contribution in [0.2, 0.25) is 0 Å². The summed E-state index contributed by atoms with van der Waals surface area (Å²) in [5, 5.41) is 8.01. The average molecular weight is 758 g/mol. The van der Waals surface area contributed by atoms with Crippen LogP contribution in [0, 0.1) is 0 Å². The van der Waals surface area contributed by atoms with Gasteiger partial charge in [0.2, 0.25) is 5.91 Å². The Hall–Kier alpha value is -3.49. The average Bonchev–Trinajstić information content (AvgIpc) is 3.71. The Labute approximate surface area is 330 Å². The molecular weight excluding hydrogens is 691 g/mol. The highest BCUT2D eigenvalue weighted by molar-refractivity contribution is 7.09. The molecular formula is C46H67N3O4S. The van der Waals surface area contributed by atoms with Gasteiger partial charge < -0.3 is 15.4 Å². The fraction of sp³-hybridized carbons (Fsp3) is 0.587. The lowest BCUT2D eigenvalue weighted by molar-refractivity contribution is -0.134. The van der Waals surface area contributed by atoms with Crippen molar-refractivity contribution in [3.8, 4) is 5.75 Å². The van der Waals surface area contributed by atoms with E-state index in [0.29, 0.717) is 42.4 Å². The van der Waals surface area contributed by atoms with E-state index in [-0.39, 0.29) is 24.2 Å². The van der Waals surface area contributed by atoms with Gasteiger partial charge in [-0.05, 0) is 104 Å². The number of anilines is 1. The molecule has 1 unspecified atom stereocenters. The quantitative estimate of drug-likeness (QED) is 0.0459. The lowest BCUT2D eigenvalue weighted by Crippen LogP contribution is -2.41. The number of esters is 1. The van der Waals surface area contributed by atoms with Crippen LogP contribution in [0.15, 0.2) is 60.0 Å². The Morgan fingerprint density at radius 3 is 2.13 bits per heavy atom. The number of amides is 2. The molecule has 0 fully saturated rings. The van der Waals surface area contributed by atoms with E-state index in [2.05, 4.69) is 53.0 Å². The zero-order valence-electron chi connectivity index (χ0n) is 33.3. The summed E-state index contributed by atoms with van der Waals surface area (Å²) < 4.78 is 5.86. The maximum absolute atomic E-state index is 12.8. The normalized spacial score (nSPS) is 13.8. The number of hydrogen-bond acceptors (Lipinski definition) is 6. The van der Waals surface area contributed by atoms with E-state index in [1.165, 1.54) is 81.1 Å². The second kappa shape index (κ2) is 25.6. The Bertz CT molecular complexity index is 1510. The molecule has 0 radical (unpaired) electrons. The third-order valence-electron chi connectivity index (χ3n) is 10.7. The van der Waals surface area contributed by atoms with Gasteiger partial charge in [0.15, 0.2) is 0 Å². The predicted molar refractivity (Wildman–Crippen MR) is 225 cm³/mol. The summed E-state index contributed by atoms with van der Waals surface area (Å²) in [6.45, 7) is 7.06. The summed E-state index contributed by atoms with van der Waals surface area (Å²) in [7, 11) is 0. The van der Waals surface area contributed by atoms with Crippen LogP contribution in [-0.2, 0) is 28.9 Å². The number of benzene rings is 2. The summed E-state index contributed by atoms with van der Waals surface area (Å²) in [6.07, 6.45) is 23.1. The molecule has 0 aliphatic heterocycles. The highest BCUT2D eigenvalue weighted by Gasteiger charge is 2.26. The number of carbonyl (C=O) groups excluding carboxylic acids is 3. The van der Waals surface area contributed by atoms with Crippen molar-refractivity contribution in [2.75, 3.05) is 25.0 Å². The fourth-order valence-corrected chi connectivity index (χ4v) is 8.27. The molecule has 1 aliphatic rings. The van der Waals surface area contributed by atoms with Crippen molar-refractivity contribution in [2.45, 2.75) is 155 Å². The third kappa shape index (κ3) is 16.1. The molecule has 296 valence electrons. The minimum absolute atomic E-state index is 0.0152. The van der Waals surface area contributed by atoms with Crippen molar-refractivity contribution < 1.29 is 19.1 Å². The van der Waals surface area contributed by atoms with Crippen LogP contribution < -0.4 is 15.4 Å². The first-order chi connectivity index (χ1) is 26.5. The maximum atomic E-state index is 12.8. The van der Waals surface area contributed by atoms with E-state index in [9.17, 15) is 14.4 Å². The smallest absolute Gasteiger partial charge is 0.311 e. The van der Waals surface area contributed by atoms with Crippen molar-refractivity contribution in [1.82, 2.24) is 10.2 Å². The number of hydrogen-bond donors (Lipinski definition) is 2. The number of thiophene rings is 1. The van der Waals surface area contributed by atoms with Gasteiger partial charge in [-0.3, -0.25) is 19.3 Å². The molecule has 0 spiro atoms. The molecule has 7 nitrogen and oxygen atoms in total. The maximum Gasteiger partial charge on any atom is 0.311 e. The molecule has 2 amide bonds. The number of unbranched alkanes of at least 4 members (excludes halogenated alkanes) is 12. The number of carbonyl (C=O) groups is 3. The summed E-state index contributed by atoms with van der Waals surface area (Å²) in [4.78, 5) is 42.0. The van der Waals surface area contributed by atoms with Crippen LogP contribution in [0.1, 0.15) is 156 Å². The lowest BCUT2D eigenvalue weighted by Gasteiger charge is -2.35. The Kier molecular flexibility index (Phi) is 20.5. The largest absolute Gasteiger partial charge is 0.426 e. The second-order valence-electron chi connectivity index (χ2n) is 15.1. The molecule has 3 aromatic rings. The number of nitrogens with zero attached hydrogens (tertiary/aromatic N) is 1. The summed E-state index contributed by atoms with van der Waals surface area (Å²) in [5.41, 5.74) is 3.65. The first kappa shape index (κ1) is 43.2. The predicted octanol–water partition coefficient (Wildman–Crippen LogP) is 11.1. The molecule has 54 heavy (non-hydrogen) atoms. The van der Waals surface area contributed by atoms with Gasteiger partial charge in [0.1, 0.15) is 5.75 Å². The summed E-state index contributed by atoms with van der Waals surface area (Å²) >= 11 is 1.83. The zero-order valence-corrected chi connectivity index (χ0v) is 34.1. The van der Waals surface area contributed by atoms with E-state index < -0.39 is 0 Å². The van der Waals surface area contributed by atoms with Gasteiger partial charge in [-0.1, -0.05) is 109 Å². The van der Waals surface area contributed by atoms with E-state index >= 15 is 0 Å². The minimum Gasteiger partial charge on any atom is -0.426 e. The van der Waals surface area contributed by atoms with Crippen molar-refractivity contribution in [3.63, 3.8) is 0 Å². The standard InChI is InChI=1S/C46H67N3O4S/c1-3-5-6-7-8-9-10-11-12-13-14-15-16-23-44(50)48-39-27-25-37(26-28-39)46(52)47-32-18-24-45(51)53-43-22-17-20-38-36-40(29-30-42(38)43)49(33-4-2)34-31-41-21-19-35-54-41/h17,19-22,25-28,35,40H,3-16,18,23-24,29-34,36H2,1-2H3,(H,47,52)(H,48,50). The van der Waals surface area contributed by atoms with Crippen LogP contribution in [-0.4, -0.2) is 48.4 Å². The number of nitrogens with one attached hydrogen (secondary N) is 2. The molecule has 1 heterocycles. The molecule has 0 saturated carbocycles. The van der Waals surface area contributed by atoms with Crippen molar-refractivity contribution >= 4 is 34.8 Å². The number of ether oxygens (including phenoxy) is 1. The molecule has 0 bridgehead atoms. The SMILES string of the molecule is CCCCCCCCCCCCCCCC(=O)Nc1ccc(C(=O)NCCCC(=O)Oc2cccc3c2CCC(N(CCC)CCc2cccs2)C3)cc1. The first-order valence-corrected chi connectivity index (χ1v) is 22.1. The highest BCUT2D eigenvalue weighted by Crippen LogP contribution is 2.32. The topological polar surface area (TPSA) is 87.7 Å². The Balaban J connectivity index is 1.06. The fourth-order valence-electron chi connectivity index (χ4n) is 7.58. The van der Waals surface area contributed by atoms with Crippen LogP contribution >= 0.6 is 11.3 Å². The first-order valence-electron chi connectivity index (χ1n) is 21.2. The molecule has 0 saturated heterocycles. The molecule has 4 rings (SSSR count). The van der Waals surface area contributed by atoms with Crippen LogP contribution in [0.5, 0.6) is 5.75 Å². The number of rotatable bonds is 27. The zero-order chi connectivity index (χ0) is 38.2. The summed E-state index contributed by atoms with van der Waals surface area (Å²) in [5.74, 6) is 0.216. The van der Waals surface area contributed by atoms with Gasteiger partial charge >= 0.3 is 5.97 Å². The molecule has 1 aromatic heterocycles. The van der Waals surface area contributed by atoms with E-state index in [0.717, 1.165) is 63.6 Å². The van der Waals surface area contributed by atoms with Crippen LogP contribution in [0.25, 0.3) is 0 Å². The second-order valence-corrected chi connectivity index (χ2v) is 16.1. The third-order valence-corrected chi connectivity index (χ3v) is 11.6. The van der Waals surface area contributed by atoms with E-state index in [1.807, 2.05) is 23.5 Å². The highest BCUT2D eigenvalue weighted by atomic mass is 32.1. The molecule has 8 heteroatoms. The number of fused-ring (bicyclic) bond motifs is 1. The van der Waals surface area contributed by atoms with Gasteiger partial charge in [0.25, 0.3) is 5.91 Å². The Morgan fingerprint density at radius 2 is 1.46 bits per heavy atom. The minimum atomic E-state index is -0.276. The monoisotopic (exact) mass is 757 g/mol. The lowest BCUT2D eigenvalue weighted by atomic mass is 9.86. The Morgan fingerprint density at radius 1 is 0.759 bits per heavy atom. The van der Waals surface area contributed by atoms with Gasteiger partial charge in [-0.25, -0.2) is 0 Å². The van der Waals surface area contributed by atoms with Gasteiger partial charge in [-0.2, -0.15) is 0 Å². The van der Waals surface area contributed by atoms with Gasteiger partial charge in [0, 0.05) is 48.1 Å². The van der Waals surface area contributed by atoms with Crippen molar-refractivity contribution in [2.24, 2.45) is 0 Å². The van der Waals surface area contributed by atoms with Crippen LogP contribution in [0.4, 0.5) is 5.69 Å². The van der Waals surface area contributed by atoms with Crippen molar-refractivity contribution in [3.05, 3.63) is 81.5 Å². The molecule has 1 atom stereocenters. The van der Waals surface area contributed by atoms with Gasteiger partial charge in [-0.15, -0.1) is 11.3 Å². The van der Waals surface area contributed by atoms with Gasteiger partial charge in [0.05, 0.1) is 0 Å². The summed E-state index contributed by atoms with van der Waals surface area (Å²) in [6, 6.07) is 17.9. The van der Waals surface area contributed by atoms with E-state index in [1.54, 1.807) is 24.3 Å². The van der Waals surface area contributed by atoms with Crippen LogP contribution in [0.3, 0.4) is 0 Å². The van der Waals surface area contributed by atoms with E-state index in [4.69, 9.17) is 4.74 Å². The van der Waals surface area contributed by atoms with Crippen molar-refractivity contribution in [1.29, 1.82) is 0 Å². The molecule has 1 aliphatic carbocycles. The molecule has 2 N–H and O–H groups in total.